The van der Waals surface area contributed by atoms with E-state index in [2.05, 4.69) is 27.7 Å². The van der Waals surface area contributed by atoms with Crippen LogP contribution in [0.25, 0.3) is 0 Å². The number of nitrogens with zero attached hydrogens (tertiary/aromatic N) is 2. The predicted octanol–water partition coefficient (Wildman–Crippen LogP) is 3.07. The van der Waals surface area contributed by atoms with Crippen LogP contribution in [-0.2, 0) is 6.42 Å². The summed E-state index contributed by atoms with van der Waals surface area (Å²) in [6.45, 7) is 0.552. The second-order valence-electron chi connectivity index (χ2n) is 7.42. The highest BCUT2D eigenvalue weighted by Gasteiger charge is 2.25. The van der Waals surface area contributed by atoms with Crippen molar-refractivity contribution in [2.24, 2.45) is 0 Å². The summed E-state index contributed by atoms with van der Waals surface area (Å²) in [4.78, 5) is 25.4. The quantitative estimate of drug-likeness (QED) is 0.514. The van der Waals surface area contributed by atoms with Crippen LogP contribution in [0, 0.1) is 10.1 Å². The number of nitro groups is 1. The fraction of sp³-hybridized carbons (Fsp3) is 0.381. The van der Waals surface area contributed by atoms with Gasteiger partial charge in [0, 0.05) is 30.3 Å². The van der Waals surface area contributed by atoms with Crippen LogP contribution in [0.1, 0.15) is 28.8 Å². The monoisotopic (exact) mass is 382 g/mol. The predicted molar refractivity (Wildman–Crippen MR) is 110 cm³/mol. The van der Waals surface area contributed by atoms with Crippen LogP contribution < -0.4 is 10.6 Å². The Hall–Kier alpha value is -2.93. The molecule has 2 aromatic rings. The zero-order chi connectivity index (χ0) is 20.1. The van der Waals surface area contributed by atoms with E-state index in [4.69, 9.17) is 0 Å². The summed E-state index contributed by atoms with van der Waals surface area (Å²) < 4.78 is 0. The Bertz CT molecular complexity index is 835. The van der Waals surface area contributed by atoms with Gasteiger partial charge < -0.3 is 15.5 Å². The molecular formula is C21H26N4O3. The molecule has 0 heterocycles. The Labute approximate surface area is 164 Å². The van der Waals surface area contributed by atoms with Crippen molar-refractivity contribution in [2.45, 2.75) is 31.3 Å². The first-order chi connectivity index (χ1) is 13.4. The second kappa shape index (κ2) is 8.84. The number of hydrogen-bond donors (Lipinski definition) is 2. The Balaban J connectivity index is 1.70. The van der Waals surface area contributed by atoms with Crippen LogP contribution in [-0.4, -0.2) is 48.5 Å². The first-order valence-electron chi connectivity index (χ1n) is 9.47. The first kappa shape index (κ1) is 19.8. The fourth-order valence-electron chi connectivity index (χ4n) is 3.02. The molecule has 1 amide bonds. The summed E-state index contributed by atoms with van der Waals surface area (Å²) in [6.07, 6.45) is 2.78. The highest BCUT2D eigenvalue weighted by Crippen LogP contribution is 2.27. The van der Waals surface area contributed by atoms with Gasteiger partial charge in [-0.05, 0) is 51.1 Å². The van der Waals surface area contributed by atoms with Crippen LogP contribution >= 0.6 is 0 Å². The van der Waals surface area contributed by atoms with Crippen molar-refractivity contribution < 1.29 is 9.72 Å². The minimum Gasteiger partial charge on any atom is -0.378 e. The van der Waals surface area contributed by atoms with Crippen molar-refractivity contribution in [3.63, 3.8) is 0 Å². The summed E-state index contributed by atoms with van der Waals surface area (Å²) in [5.41, 5.74) is 1.87. The molecule has 2 aromatic carbocycles. The maximum atomic E-state index is 12.2. The van der Waals surface area contributed by atoms with E-state index in [1.807, 2.05) is 32.3 Å². The van der Waals surface area contributed by atoms with E-state index in [0.29, 0.717) is 17.8 Å². The SMILES string of the molecule is CN(C)C(CNc1ccc(C(=O)NC2CC2)cc1[N+](=O)[O-])Cc1ccccc1. The molecule has 0 spiro atoms. The number of benzene rings is 2. The molecule has 1 aliphatic rings. The average Bonchev–Trinajstić information content (AvgIpc) is 3.49. The van der Waals surface area contributed by atoms with Crippen LogP contribution in [0.4, 0.5) is 11.4 Å². The van der Waals surface area contributed by atoms with Crippen LogP contribution in [0.2, 0.25) is 0 Å². The number of nitrogens with one attached hydrogen (secondary N) is 2. The van der Waals surface area contributed by atoms with E-state index in [-0.39, 0.29) is 23.7 Å². The van der Waals surface area contributed by atoms with Crippen LogP contribution in [0.5, 0.6) is 0 Å². The molecule has 1 saturated carbocycles. The van der Waals surface area contributed by atoms with Crippen molar-refractivity contribution in [1.82, 2.24) is 10.2 Å². The third kappa shape index (κ3) is 5.29. The van der Waals surface area contributed by atoms with Crippen molar-refractivity contribution in [3.8, 4) is 0 Å². The molecule has 0 aliphatic heterocycles. The summed E-state index contributed by atoms with van der Waals surface area (Å²) >= 11 is 0. The molecular weight excluding hydrogens is 356 g/mol. The Morgan fingerprint density at radius 2 is 1.93 bits per heavy atom. The first-order valence-corrected chi connectivity index (χ1v) is 9.47. The largest absolute Gasteiger partial charge is 0.378 e. The van der Waals surface area contributed by atoms with Gasteiger partial charge in [0.15, 0.2) is 0 Å². The molecule has 7 heteroatoms. The molecule has 0 saturated heterocycles. The summed E-state index contributed by atoms with van der Waals surface area (Å²) in [7, 11) is 3.99. The maximum Gasteiger partial charge on any atom is 0.293 e. The van der Waals surface area contributed by atoms with E-state index < -0.39 is 4.92 Å². The minimum atomic E-state index is -0.446. The number of hydrogen-bond acceptors (Lipinski definition) is 5. The van der Waals surface area contributed by atoms with E-state index in [0.717, 1.165) is 19.3 Å². The smallest absolute Gasteiger partial charge is 0.293 e. The van der Waals surface area contributed by atoms with Crippen molar-refractivity contribution in [1.29, 1.82) is 0 Å². The van der Waals surface area contributed by atoms with E-state index in [1.165, 1.54) is 11.6 Å². The number of amides is 1. The van der Waals surface area contributed by atoms with Gasteiger partial charge in [-0.2, -0.15) is 0 Å². The van der Waals surface area contributed by atoms with Crippen LogP contribution in [0.15, 0.2) is 48.5 Å². The number of nitro benzene ring substituents is 1. The topological polar surface area (TPSA) is 87.5 Å². The lowest BCUT2D eigenvalue weighted by atomic mass is 10.0. The average molecular weight is 382 g/mol. The fourth-order valence-corrected chi connectivity index (χ4v) is 3.02. The molecule has 0 bridgehead atoms. The molecule has 3 rings (SSSR count). The molecule has 1 unspecified atom stereocenters. The normalized spacial score (nSPS) is 14.5. The van der Waals surface area contributed by atoms with E-state index in [9.17, 15) is 14.9 Å². The number of likely N-dealkylation sites (N-methyl/N-ethyl adjacent to an activating group) is 1. The van der Waals surface area contributed by atoms with Crippen LogP contribution in [0.3, 0.4) is 0 Å². The van der Waals surface area contributed by atoms with Crippen molar-refractivity contribution in [3.05, 3.63) is 69.8 Å². The number of anilines is 1. The molecule has 1 fully saturated rings. The molecule has 1 atom stereocenters. The van der Waals surface area contributed by atoms with Gasteiger partial charge in [-0.1, -0.05) is 30.3 Å². The van der Waals surface area contributed by atoms with E-state index >= 15 is 0 Å². The van der Waals surface area contributed by atoms with Gasteiger partial charge in [-0.25, -0.2) is 0 Å². The highest BCUT2D eigenvalue weighted by molar-refractivity contribution is 5.96. The molecule has 0 aromatic heterocycles. The zero-order valence-electron chi connectivity index (χ0n) is 16.2. The van der Waals surface area contributed by atoms with E-state index in [1.54, 1.807) is 12.1 Å². The summed E-state index contributed by atoms with van der Waals surface area (Å²) in [6, 6.07) is 15.1. The third-order valence-corrected chi connectivity index (χ3v) is 4.94. The Morgan fingerprint density at radius 3 is 2.54 bits per heavy atom. The summed E-state index contributed by atoms with van der Waals surface area (Å²) in [5.74, 6) is -0.257. The van der Waals surface area contributed by atoms with Gasteiger partial charge >= 0.3 is 0 Å². The van der Waals surface area contributed by atoms with Gasteiger partial charge in [0.1, 0.15) is 5.69 Å². The highest BCUT2D eigenvalue weighted by atomic mass is 16.6. The molecule has 7 nitrogen and oxygen atoms in total. The molecule has 28 heavy (non-hydrogen) atoms. The molecule has 0 radical (unpaired) electrons. The van der Waals surface area contributed by atoms with Gasteiger partial charge in [0.05, 0.1) is 4.92 Å². The Morgan fingerprint density at radius 1 is 1.21 bits per heavy atom. The lowest BCUT2D eigenvalue weighted by Gasteiger charge is -2.25. The summed E-state index contributed by atoms with van der Waals surface area (Å²) in [5, 5.41) is 17.6. The maximum absolute atomic E-state index is 12.2. The number of rotatable bonds is 9. The minimum absolute atomic E-state index is 0.0827. The van der Waals surface area contributed by atoms with Gasteiger partial charge in [-0.3, -0.25) is 14.9 Å². The molecule has 1 aliphatic carbocycles. The van der Waals surface area contributed by atoms with Crippen molar-refractivity contribution >= 4 is 17.3 Å². The van der Waals surface area contributed by atoms with Crippen molar-refractivity contribution in [2.75, 3.05) is 26.0 Å². The standard InChI is InChI=1S/C21H26N4O3/c1-24(2)18(12-15-6-4-3-5-7-15)14-22-19-11-8-16(13-20(19)25(27)28)21(26)23-17-9-10-17/h3-8,11,13,17-18,22H,9-10,12,14H2,1-2H3,(H,23,26). The second-order valence-corrected chi connectivity index (χ2v) is 7.42. The van der Waals surface area contributed by atoms with Gasteiger partial charge in [-0.15, -0.1) is 0 Å². The van der Waals surface area contributed by atoms with Gasteiger partial charge in [0.2, 0.25) is 0 Å². The molecule has 2 N–H and O–H groups in total. The molecule has 148 valence electrons. The Kier molecular flexibility index (Phi) is 6.26. The number of carbonyl (C=O) groups excluding carboxylic acids is 1. The van der Waals surface area contributed by atoms with Gasteiger partial charge in [0.25, 0.3) is 11.6 Å². The number of carbonyl (C=O) groups is 1. The lowest BCUT2D eigenvalue weighted by molar-refractivity contribution is -0.384. The zero-order valence-corrected chi connectivity index (χ0v) is 16.2. The lowest BCUT2D eigenvalue weighted by Crippen LogP contribution is -2.36. The third-order valence-electron chi connectivity index (χ3n) is 4.94.